The average Bonchev–Trinajstić information content (AvgIpc) is 3.03. The van der Waals surface area contributed by atoms with Gasteiger partial charge in [0.2, 0.25) is 11.8 Å². The fourth-order valence-electron chi connectivity index (χ4n) is 5.54. The van der Waals surface area contributed by atoms with E-state index in [1.54, 1.807) is 24.3 Å². The molecule has 7 rings (SSSR count). The normalized spacial score (nSPS) is 30.8. The molecule has 2 atom stereocenters. The van der Waals surface area contributed by atoms with Gasteiger partial charge in [-0.25, -0.2) is 4.90 Å². The molecule has 3 aromatic carbocycles. The quantitative estimate of drug-likeness (QED) is 0.363. The largest absolute Gasteiger partial charge is 0.274 e. The first-order valence-electron chi connectivity index (χ1n) is 9.61. The minimum absolute atomic E-state index is 0.351. The third kappa shape index (κ3) is 1.94. The van der Waals surface area contributed by atoms with Crippen molar-refractivity contribution >= 4 is 52.3 Å². The Kier molecular flexibility index (Phi) is 3.61. The number of alkyl halides is 2. The molecule has 0 unspecified atom stereocenters. The predicted octanol–water partition coefficient (Wildman–Crippen LogP) is 5.44. The van der Waals surface area contributed by atoms with Gasteiger partial charge in [0.05, 0.1) is 17.5 Å². The van der Waals surface area contributed by atoms with Crippen molar-refractivity contribution in [2.24, 2.45) is 11.8 Å². The molecule has 1 fully saturated rings. The molecular formula is C24H14Cl3NO2. The lowest BCUT2D eigenvalue weighted by molar-refractivity contribution is -0.122. The lowest BCUT2D eigenvalue weighted by Crippen LogP contribution is -2.57. The molecule has 0 radical (unpaired) electrons. The molecule has 0 spiro atoms. The summed E-state index contributed by atoms with van der Waals surface area (Å²) in [7, 11) is 0. The van der Waals surface area contributed by atoms with E-state index in [9.17, 15) is 9.59 Å². The first-order valence-corrected chi connectivity index (χ1v) is 10.7. The van der Waals surface area contributed by atoms with Crippen molar-refractivity contribution < 1.29 is 9.59 Å². The summed E-state index contributed by atoms with van der Waals surface area (Å²) in [6.07, 6.45) is 0. The molecule has 0 aromatic heterocycles. The van der Waals surface area contributed by atoms with Gasteiger partial charge >= 0.3 is 0 Å². The summed E-state index contributed by atoms with van der Waals surface area (Å²) >= 11 is 20.9. The van der Waals surface area contributed by atoms with Crippen LogP contribution in [0.3, 0.4) is 0 Å². The van der Waals surface area contributed by atoms with Gasteiger partial charge in [-0.2, -0.15) is 0 Å². The highest BCUT2D eigenvalue weighted by atomic mass is 35.5. The Bertz CT molecular complexity index is 1150. The summed E-state index contributed by atoms with van der Waals surface area (Å²) in [6.45, 7) is 0. The molecule has 1 saturated heterocycles. The number of carbonyl (C=O) groups is 2. The molecule has 2 amide bonds. The van der Waals surface area contributed by atoms with E-state index in [1.807, 2.05) is 48.5 Å². The van der Waals surface area contributed by atoms with Gasteiger partial charge in [0.1, 0.15) is 9.75 Å². The molecule has 4 aliphatic rings. The maximum atomic E-state index is 13.7. The number of nitrogens with zero attached hydrogens (tertiary/aromatic N) is 1. The van der Waals surface area contributed by atoms with Gasteiger partial charge < -0.3 is 0 Å². The molecule has 0 N–H and O–H groups in total. The van der Waals surface area contributed by atoms with Crippen LogP contribution in [-0.2, 0) is 19.3 Å². The van der Waals surface area contributed by atoms with Crippen molar-refractivity contribution in [3.05, 3.63) is 100 Å². The van der Waals surface area contributed by atoms with Crippen molar-refractivity contribution in [1.82, 2.24) is 0 Å². The summed E-state index contributed by atoms with van der Waals surface area (Å²) in [4.78, 5) is 26.3. The molecule has 0 saturated carbocycles. The smallest absolute Gasteiger partial charge is 0.240 e. The monoisotopic (exact) mass is 453 g/mol. The summed E-state index contributed by atoms with van der Waals surface area (Å²) < 4.78 is 0. The maximum Gasteiger partial charge on any atom is 0.240 e. The summed E-state index contributed by atoms with van der Waals surface area (Å²) in [5, 5.41) is 0.443. The van der Waals surface area contributed by atoms with Crippen LogP contribution < -0.4 is 4.90 Å². The Morgan fingerprint density at radius 3 is 1.50 bits per heavy atom. The third-order valence-electron chi connectivity index (χ3n) is 6.65. The number of hydrogen-bond acceptors (Lipinski definition) is 2. The molecule has 2 bridgehead atoms. The van der Waals surface area contributed by atoms with Crippen LogP contribution in [0.1, 0.15) is 22.3 Å². The highest BCUT2D eigenvalue weighted by molar-refractivity contribution is 6.39. The lowest BCUT2D eigenvalue weighted by atomic mass is 9.54. The van der Waals surface area contributed by atoms with Crippen molar-refractivity contribution in [3.8, 4) is 0 Å². The summed E-state index contributed by atoms with van der Waals surface area (Å²) in [6, 6.07) is 21.9. The van der Waals surface area contributed by atoms with Gasteiger partial charge in [0.25, 0.3) is 0 Å². The zero-order chi connectivity index (χ0) is 20.8. The molecule has 3 aliphatic carbocycles. The highest BCUT2D eigenvalue weighted by Crippen LogP contribution is 2.69. The topological polar surface area (TPSA) is 37.4 Å². The molecule has 30 heavy (non-hydrogen) atoms. The van der Waals surface area contributed by atoms with Crippen LogP contribution in [0.5, 0.6) is 0 Å². The van der Waals surface area contributed by atoms with Crippen molar-refractivity contribution in [2.75, 3.05) is 4.90 Å². The number of imide groups is 1. The number of amides is 2. The van der Waals surface area contributed by atoms with Gasteiger partial charge in [-0.15, -0.1) is 23.2 Å². The van der Waals surface area contributed by atoms with Crippen LogP contribution in [0.2, 0.25) is 5.02 Å². The van der Waals surface area contributed by atoms with E-state index in [1.165, 1.54) is 4.90 Å². The average molecular weight is 455 g/mol. The van der Waals surface area contributed by atoms with Gasteiger partial charge in [0, 0.05) is 5.02 Å². The molecule has 3 nitrogen and oxygen atoms in total. The second kappa shape index (κ2) is 5.88. The standard InChI is InChI=1S/C24H14Cl3NO2/c25-13-6-5-7-14(12-13)28-21(29)19-20(22(28)30)24(27)16-9-2-1-8-15(16)23(19,26)17-10-3-4-11-18(17)24/h1-12,19-20H/t19-,20-,23?,24?/m1/s1. The maximum absolute atomic E-state index is 13.7. The van der Waals surface area contributed by atoms with E-state index in [4.69, 9.17) is 34.8 Å². The van der Waals surface area contributed by atoms with Crippen LogP contribution in [0.15, 0.2) is 72.8 Å². The summed E-state index contributed by atoms with van der Waals surface area (Å²) in [5.74, 6) is -2.33. The molecule has 148 valence electrons. The second-order valence-corrected chi connectivity index (χ2v) is 9.59. The Morgan fingerprint density at radius 1 is 0.667 bits per heavy atom. The van der Waals surface area contributed by atoms with Crippen LogP contribution in [0.25, 0.3) is 0 Å². The third-order valence-corrected chi connectivity index (χ3v) is 8.17. The first kappa shape index (κ1) is 18.4. The number of carbonyl (C=O) groups excluding carboxylic acids is 2. The highest BCUT2D eigenvalue weighted by Gasteiger charge is 2.73. The zero-order valence-electron chi connectivity index (χ0n) is 15.5. The number of anilines is 1. The van der Waals surface area contributed by atoms with Crippen LogP contribution in [0, 0.1) is 11.8 Å². The minimum Gasteiger partial charge on any atom is -0.274 e. The van der Waals surface area contributed by atoms with Crippen LogP contribution in [-0.4, -0.2) is 11.8 Å². The van der Waals surface area contributed by atoms with E-state index in [0.717, 1.165) is 22.3 Å². The van der Waals surface area contributed by atoms with Crippen LogP contribution >= 0.6 is 34.8 Å². The molecular weight excluding hydrogens is 441 g/mol. The Hall–Kier alpha value is -2.33. The van der Waals surface area contributed by atoms with Gasteiger partial charge in [-0.05, 0) is 40.5 Å². The van der Waals surface area contributed by atoms with Crippen LogP contribution in [0.4, 0.5) is 5.69 Å². The fraction of sp³-hybridized carbons (Fsp3) is 0.167. The zero-order valence-corrected chi connectivity index (χ0v) is 17.7. The van der Waals surface area contributed by atoms with Crippen molar-refractivity contribution in [1.29, 1.82) is 0 Å². The van der Waals surface area contributed by atoms with Crippen molar-refractivity contribution in [2.45, 2.75) is 9.75 Å². The molecule has 1 heterocycles. The van der Waals surface area contributed by atoms with E-state index in [2.05, 4.69) is 0 Å². The Balaban J connectivity index is 1.67. The molecule has 6 heteroatoms. The lowest BCUT2D eigenvalue weighted by Gasteiger charge is -2.54. The molecule has 3 aromatic rings. The second-order valence-electron chi connectivity index (χ2n) is 7.96. The van der Waals surface area contributed by atoms with E-state index in [-0.39, 0.29) is 11.8 Å². The van der Waals surface area contributed by atoms with Crippen molar-refractivity contribution in [3.63, 3.8) is 0 Å². The Morgan fingerprint density at radius 2 is 1.10 bits per heavy atom. The minimum atomic E-state index is -1.17. The fourth-order valence-corrected chi connectivity index (χ4v) is 6.82. The van der Waals surface area contributed by atoms with E-state index in [0.29, 0.717) is 10.7 Å². The van der Waals surface area contributed by atoms with E-state index < -0.39 is 21.6 Å². The number of benzene rings is 3. The first-order chi connectivity index (χ1) is 14.4. The van der Waals surface area contributed by atoms with Gasteiger partial charge in [-0.3, -0.25) is 9.59 Å². The summed E-state index contributed by atoms with van der Waals surface area (Å²) in [5.41, 5.74) is 3.58. The number of rotatable bonds is 1. The van der Waals surface area contributed by atoms with Gasteiger partial charge in [-0.1, -0.05) is 66.2 Å². The van der Waals surface area contributed by atoms with Gasteiger partial charge in [0.15, 0.2) is 0 Å². The predicted molar refractivity (Wildman–Crippen MR) is 117 cm³/mol. The van der Waals surface area contributed by atoms with E-state index >= 15 is 0 Å². The molecule has 1 aliphatic heterocycles. The number of halogens is 3. The Labute approximate surface area is 188 Å². The number of hydrogen-bond donors (Lipinski definition) is 0. The SMILES string of the molecule is O=C1[C@H]2[C@H](C(=O)N1c1cccc(Cl)c1)C1(Cl)c3ccccc3C2(Cl)c2ccccc21.